The predicted octanol–water partition coefficient (Wildman–Crippen LogP) is 2.44. The number of fused-ring (bicyclic) bond motifs is 2. The maximum atomic E-state index is 10.9. The largest absolute Gasteiger partial charge is 0.504 e. The van der Waals surface area contributed by atoms with Crippen molar-refractivity contribution >= 4 is 0 Å². The monoisotopic (exact) mass is 384 g/mol. The average Bonchev–Trinajstić information content (AvgIpc) is 3.38. The van der Waals surface area contributed by atoms with Gasteiger partial charge in [0, 0.05) is 42.9 Å². The minimum absolute atomic E-state index is 0.0218. The number of benzene rings is 2. The molecule has 0 spiro atoms. The molecule has 0 amide bonds. The van der Waals surface area contributed by atoms with Crippen LogP contribution in [-0.2, 0) is 0 Å². The smallest absolute Gasteiger partial charge is 0.239 e. The Morgan fingerprint density at radius 3 is 2.57 bits per heavy atom. The predicted molar refractivity (Wildman–Crippen MR) is 103 cm³/mol. The van der Waals surface area contributed by atoms with Crippen molar-refractivity contribution in [2.24, 2.45) is 0 Å². The summed E-state index contributed by atoms with van der Waals surface area (Å²) in [6.07, 6.45) is 3.21. The number of ether oxygens (including phenoxy) is 4. The van der Waals surface area contributed by atoms with Crippen molar-refractivity contribution in [1.82, 2.24) is 0 Å². The van der Waals surface area contributed by atoms with Gasteiger partial charge >= 0.3 is 0 Å². The van der Waals surface area contributed by atoms with E-state index in [9.17, 15) is 5.11 Å². The molecule has 0 radical (unpaired) electrons. The molecule has 2 N–H and O–H groups in total. The van der Waals surface area contributed by atoms with E-state index in [1.807, 2.05) is 24.3 Å². The van der Waals surface area contributed by atoms with Crippen LogP contribution in [0.25, 0.3) is 0 Å². The van der Waals surface area contributed by atoms with Crippen LogP contribution in [0.3, 0.4) is 0 Å². The summed E-state index contributed by atoms with van der Waals surface area (Å²) in [5.74, 6) is 2.91. The highest BCUT2D eigenvalue weighted by Crippen LogP contribution is 2.50. The number of rotatable bonds is 3. The number of likely N-dealkylation sites (tertiary alicyclic amines) is 1. The van der Waals surface area contributed by atoms with E-state index in [-0.39, 0.29) is 24.2 Å². The molecule has 0 aromatic heterocycles. The molecule has 0 unspecified atom stereocenters. The topological polar surface area (TPSA) is 61.6 Å². The first kappa shape index (κ1) is 17.5. The van der Waals surface area contributed by atoms with Crippen molar-refractivity contribution in [2.75, 3.05) is 27.0 Å². The molecule has 2 aromatic rings. The van der Waals surface area contributed by atoms with E-state index in [0.717, 1.165) is 42.1 Å². The lowest BCUT2D eigenvalue weighted by Crippen LogP contribution is -3.19. The molecule has 2 aromatic carbocycles. The molecule has 3 aliphatic rings. The third-order valence-electron chi connectivity index (χ3n) is 6.39. The van der Waals surface area contributed by atoms with E-state index in [0.29, 0.717) is 11.5 Å². The Bertz CT molecular complexity index is 908. The number of para-hydroxylation sites is 1. The Balaban J connectivity index is 1.65. The van der Waals surface area contributed by atoms with Gasteiger partial charge in [0.1, 0.15) is 5.75 Å². The van der Waals surface area contributed by atoms with Gasteiger partial charge in [-0.15, -0.1) is 0 Å². The van der Waals surface area contributed by atoms with E-state index in [1.165, 1.54) is 17.7 Å². The Labute approximate surface area is 164 Å². The first-order valence-corrected chi connectivity index (χ1v) is 9.92. The molecule has 1 fully saturated rings. The molecule has 148 valence electrons. The van der Waals surface area contributed by atoms with Crippen LogP contribution in [0, 0.1) is 0 Å². The summed E-state index contributed by atoms with van der Waals surface area (Å²) in [7, 11) is 1.58. The van der Waals surface area contributed by atoms with Gasteiger partial charge in [0.2, 0.25) is 12.5 Å². The van der Waals surface area contributed by atoms with E-state index in [4.69, 9.17) is 18.9 Å². The van der Waals surface area contributed by atoms with Crippen LogP contribution in [0.5, 0.6) is 28.7 Å². The number of quaternary nitrogens is 1. The van der Waals surface area contributed by atoms with E-state index in [2.05, 4.69) is 6.92 Å². The third kappa shape index (κ3) is 2.66. The SMILES string of the molecule is COc1cccc([C@@H]2C[C@@](C)([NH+]3CCCC3)Oc3cc4c(cc32)OCO4)c1O. The zero-order valence-corrected chi connectivity index (χ0v) is 16.3. The van der Waals surface area contributed by atoms with Gasteiger partial charge in [-0.05, 0) is 12.1 Å². The zero-order valence-electron chi connectivity index (χ0n) is 16.3. The van der Waals surface area contributed by atoms with Gasteiger partial charge < -0.3 is 24.1 Å². The molecule has 3 aliphatic heterocycles. The average molecular weight is 384 g/mol. The summed E-state index contributed by atoms with van der Waals surface area (Å²) < 4.78 is 23.1. The molecule has 3 heterocycles. The van der Waals surface area contributed by atoms with Gasteiger partial charge in [-0.25, -0.2) is 0 Å². The van der Waals surface area contributed by atoms with Gasteiger partial charge in [0.25, 0.3) is 0 Å². The van der Waals surface area contributed by atoms with Gasteiger partial charge in [0.05, 0.1) is 26.6 Å². The van der Waals surface area contributed by atoms with Gasteiger partial charge in [-0.2, -0.15) is 0 Å². The van der Waals surface area contributed by atoms with Crippen molar-refractivity contribution in [3.8, 4) is 28.7 Å². The Morgan fingerprint density at radius 2 is 1.82 bits per heavy atom. The first-order chi connectivity index (χ1) is 13.6. The summed E-state index contributed by atoms with van der Waals surface area (Å²) in [6, 6.07) is 9.62. The summed E-state index contributed by atoms with van der Waals surface area (Å²) in [5, 5.41) is 10.9. The van der Waals surface area contributed by atoms with E-state index >= 15 is 0 Å². The number of methoxy groups -OCH3 is 1. The molecule has 2 atom stereocenters. The van der Waals surface area contributed by atoms with E-state index in [1.54, 1.807) is 13.2 Å². The normalized spacial score (nSPS) is 26.0. The van der Waals surface area contributed by atoms with Gasteiger partial charge in [-0.3, -0.25) is 4.90 Å². The van der Waals surface area contributed by atoms with Crippen LogP contribution in [0.2, 0.25) is 0 Å². The minimum atomic E-state index is -0.364. The quantitative estimate of drug-likeness (QED) is 0.851. The van der Waals surface area contributed by atoms with Crippen LogP contribution in [0.15, 0.2) is 30.3 Å². The van der Waals surface area contributed by atoms with Crippen LogP contribution >= 0.6 is 0 Å². The maximum Gasteiger partial charge on any atom is 0.239 e. The van der Waals surface area contributed by atoms with Gasteiger partial charge in [0.15, 0.2) is 23.0 Å². The Morgan fingerprint density at radius 1 is 1.07 bits per heavy atom. The fourth-order valence-corrected chi connectivity index (χ4v) is 4.89. The number of phenols is 1. The third-order valence-corrected chi connectivity index (χ3v) is 6.39. The lowest BCUT2D eigenvalue weighted by Gasteiger charge is -2.42. The second-order valence-electron chi connectivity index (χ2n) is 8.04. The Hall–Kier alpha value is -2.60. The van der Waals surface area contributed by atoms with Crippen molar-refractivity contribution in [1.29, 1.82) is 0 Å². The summed E-state index contributed by atoms with van der Waals surface area (Å²) >= 11 is 0. The summed E-state index contributed by atoms with van der Waals surface area (Å²) in [4.78, 5) is 1.46. The van der Waals surface area contributed by atoms with E-state index < -0.39 is 0 Å². The van der Waals surface area contributed by atoms with Crippen LogP contribution in [-0.4, -0.2) is 37.8 Å². The highest BCUT2D eigenvalue weighted by molar-refractivity contribution is 5.58. The second kappa shape index (κ2) is 6.48. The fraction of sp³-hybridized carbons (Fsp3) is 0.455. The molecule has 0 aliphatic carbocycles. The van der Waals surface area contributed by atoms with Crippen LogP contribution in [0.4, 0.5) is 0 Å². The summed E-state index contributed by atoms with van der Waals surface area (Å²) in [6.45, 7) is 4.62. The highest BCUT2D eigenvalue weighted by atomic mass is 16.7. The molecule has 6 heteroatoms. The maximum absolute atomic E-state index is 10.9. The number of aromatic hydroxyl groups is 1. The molecule has 0 saturated carbocycles. The van der Waals surface area contributed by atoms with Crippen molar-refractivity contribution in [3.05, 3.63) is 41.5 Å². The summed E-state index contributed by atoms with van der Waals surface area (Å²) in [5.41, 5.74) is 1.51. The van der Waals surface area contributed by atoms with Crippen molar-refractivity contribution in [2.45, 2.75) is 37.8 Å². The highest BCUT2D eigenvalue weighted by Gasteiger charge is 2.48. The molecule has 5 rings (SSSR count). The van der Waals surface area contributed by atoms with Crippen molar-refractivity contribution < 1.29 is 29.0 Å². The molecular formula is C22H26NO5+. The zero-order chi connectivity index (χ0) is 19.3. The molecular weight excluding hydrogens is 358 g/mol. The number of phenolic OH excluding ortho intramolecular Hbond substituents is 1. The lowest BCUT2D eigenvalue weighted by atomic mass is 9.81. The number of hydrogen-bond donors (Lipinski definition) is 2. The lowest BCUT2D eigenvalue weighted by molar-refractivity contribution is -0.962. The fourth-order valence-electron chi connectivity index (χ4n) is 4.89. The first-order valence-electron chi connectivity index (χ1n) is 9.92. The standard InChI is InChI=1S/C22H25NO5/c1-22(23-8-3-4-9-23)12-16(14-6-5-7-17(25-2)21(14)24)15-10-19-20(27-13-26-19)11-18(15)28-22/h5-7,10-11,16,24H,3-4,8-9,12-13H2,1-2H3/p+1/t16-,22-/m0/s1. The van der Waals surface area contributed by atoms with Gasteiger partial charge in [-0.1, -0.05) is 12.1 Å². The molecule has 1 saturated heterocycles. The van der Waals surface area contributed by atoms with Crippen LogP contribution < -0.4 is 23.8 Å². The molecule has 0 bridgehead atoms. The van der Waals surface area contributed by atoms with Crippen LogP contribution in [0.1, 0.15) is 43.2 Å². The molecule has 28 heavy (non-hydrogen) atoms. The second-order valence-corrected chi connectivity index (χ2v) is 8.04. The Kier molecular flexibility index (Phi) is 4.05. The number of nitrogens with one attached hydrogen (secondary N) is 1. The molecule has 6 nitrogen and oxygen atoms in total. The van der Waals surface area contributed by atoms with Crippen molar-refractivity contribution in [3.63, 3.8) is 0 Å². The minimum Gasteiger partial charge on any atom is -0.504 e. The number of hydrogen-bond acceptors (Lipinski definition) is 5.